The van der Waals surface area contributed by atoms with Gasteiger partial charge in [0.2, 0.25) is 0 Å². The van der Waals surface area contributed by atoms with Crippen molar-refractivity contribution in [2.75, 3.05) is 0 Å². The Labute approximate surface area is 121 Å². The lowest BCUT2D eigenvalue weighted by Gasteiger charge is -2.07. The number of hydrogen-bond acceptors (Lipinski definition) is 4. The van der Waals surface area contributed by atoms with E-state index in [0.717, 1.165) is 11.3 Å². The van der Waals surface area contributed by atoms with Gasteiger partial charge in [-0.15, -0.1) is 0 Å². The Morgan fingerprint density at radius 3 is 2.38 bits per heavy atom. The number of nitrogens with zero attached hydrogens (tertiary/aromatic N) is 3. The summed E-state index contributed by atoms with van der Waals surface area (Å²) < 4.78 is 0. The molecule has 5 heteroatoms. The van der Waals surface area contributed by atoms with Gasteiger partial charge in [0.05, 0.1) is 22.6 Å². The molecule has 3 rings (SSSR count). The van der Waals surface area contributed by atoms with E-state index in [9.17, 15) is 4.79 Å². The van der Waals surface area contributed by atoms with E-state index in [1.54, 1.807) is 18.5 Å². The van der Waals surface area contributed by atoms with Crippen LogP contribution < -0.4 is 0 Å². The summed E-state index contributed by atoms with van der Waals surface area (Å²) in [4.78, 5) is 23.7. The van der Waals surface area contributed by atoms with Gasteiger partial charge in [0.25, 0.3) is 0 Å². The van der Waals surface area contributed by atoms with Crippen molar-refractivity contribution < 1.29 is 9.90 Å². The largest absolute Gasteiger partial charge is 0.478 e. The minimum Gasteiger partial charge on any atom is -0.478 e. The highest BCUT2D eigenvalue weighted by atomic mass is 16.4. The molecule has 0 amide bonds. The van der Waals surface area contributed by atoms with Crippen LogP contribution in [-0.4, -0.2) is 26.0 Å². The molecule has 0 aliphatic rings. The van der Waals surface area contributed by atoms with Gasteiger partial charge in [-0.1, -0.05) is 6.07 Å². The summed E-state index contributed by atoms with van der Waals surface area (Å²) in [6.07, 6.45) is 4.72. The Hall–Kier alpha value is -3.08. The lowest BCUT2D eigenvalue weighted by atomic mass is 10.1. The third-order valence-electron chi connectivity index (χ3n) is 3.00. The molecular formula is C16H11N3O2. The number of pyridine rings is 3. The van der Waals surface area contributed by atoms with Crippen molar-refractivity contribution in [2.45, 2.75) is 0 Å². The van der Waals surface area contributed by atoms with E-state index in [4.69, 9.17) is 5.11 Å². The molecule has 0 saturated heterocycles. The van der Waals surface area contributed by atoms with Crippen LogP contribution >= 0.6 is 0 Å². The molecular weight excluding hydrogens is 266 g/mol. The topological polar surface area (TPSA) is 76.0 Å². The summed E-state index contributed by atoms with van der Waals surface area (Å²) in [6.45, 7) is 0. The molecule has 0 unspecified atom stereocenters. The average Bonchev–Trinajstić information content (AvgIpc) is 2.56. The fourth-order valence-electron chi connectivity index (χ4n) is 2.00. The summed E-state index contributed by atoms with van der Waals surface area (Å²) in [6, 6.07) is 12.6. The second-order valence-corrected chi connectivity index (χ2v) is 4.35. The molecule has 0 radical (unpaired) electrons. The van der Waals surface area contributed by atoms with Crippen molar-refractivity contribution in [1.82, 2.24) is 15.0 Å². The zero-order valence-corrected chi connectivity index (χ0v) is 11.0. The van der Waals surface area contributed by atoms with E-state index in [-0.39, 0.29) is 5.56 Å². The van der Waals surface area contributed by atoms with Crippen molar-refractivity contribution in [2.24, 2.45) is 0 Å². The number of carbonyl (C=O) groups is 1. The van der Waals surface area contributed by atoms with Gasteiger partial charge in [-0.2, -0.15) is 0 Å². The van der Waals surface area contributed by atoms with Crippen molar-refractivity contribution in [3.63, 3.8) is 0 Å². The van der Waals surface area contributed by atoms with Crippen molar-refractivity contribution in [3.8, 4) is 22.6 Å². The van der Waals surface area contributed by atoms with Crippen LogP contribution in [0.15, 0.2) is 61.1 Å². The molecule has 0 fully saturated rings. The predicted molar refractivity (Wildman–Crippen MR) is 77.7 cm³/mol. The zero-order valence-electron chi connectivity index (χ0n) is 11.0. The second-order valence-electron chi connectivity index (χ2n) is 4.35. The summed E-state index contributed by atoms with van der Waals surface area (Å²) in [5, 5.41) is 8.91. The maximum absolute atomic E-state index is 10.9. The smallest absolute Gasteiger partial charge is 0.337 e. The van der Waals surface area contributed by atoms with E-state index >= 15 is 0 Å². The molecule has 0 bridgehead atoms. The van der Waals surface area contributed by atoms with Gasteiger partial charge in [-0.05, 0) is 36.4 Å². The number of hydrogen-bond donors (Lipinski definition) is 1. The summed E-state index contributed by atoms with van der Waals surface area (Å²) >= 11 is 0. The fourth-order valence-corrected chi connectivity index (χ4v) is 2.00. The Kier molecular flexibility index (Phi) is 3.39. The van der Waals surface area contributed by atoms with Gasteiger partial charge in [0.1, 0.15) is 0 Å². The van der Waals surface area contributed by atoms with Gasteiger partial charge in [0, 0.05) is 24.2 Å². The van der Waals surface area contributed by atoms with Crippen molar-refractivity contribution >= 4 is 5.97 Å². The molecule has 0 saturated carbocycles. The molecule has 0 spiro atoms. The molecule has 3 aromatic rings. The Morgan fingerprint density at radius 1 is 0.857 bits per heavy atom. The quantitative estimate of drug-likeness (QED) is 0.796. The van der Waals surface area contributed by atoms with Crippen molar-refractivity contribution in [1.29, 1.82) is 0 Å². The van der Waals surface area contributed by atoms with Crippen LogP contribution in [0.3, 0.4) is 0 Å². The molecule has 0 aliphatic carbocycles. The van der Waals surface area contributed by atoms with Gasteiger partial charge >= 0.3 is 5.97 Å². The van der Waals surface area contributed by atoms with Crippen molar-refractivity contribution in [3.05, 3.63) is 66.6 Å². The van der Waals surface area contributed by atoms with Crippen LogP contribution in [0.1, 0.15) is 10.4 Å². The molecule has 1 N–H and O–H groups in total. The average molecular weight is 277 g/mol. The third kappa shape index (κ3) is 2.62. The minimum absolute atomic E-state index is 0.147. The lowest BCUT2D eigenvalue weighted by molar-refractivity contribution is 0.0696. The van der Waals surface area contributed by atoms with Gasteiger partial charge < -0.3 is 5.11 Å². The third-order valence-corrected chi connectivity index (χ3v) is 3.00. The normalized spacial score (nSPS) is 10.3. The molecule has 102 valence electrons. The Bertz CT molecular complexity index is 771. The van der Waals surface area contributed by atoms with Gasteiger partial charge in [-0.25, -0.2) is 4.79 Å². The first-order valence-electron chi connectivity index (χ1n) is 6.32. The van der Waals surface area contributed by atoms with E-state index in [0.29, 0.717) is 11.4 Å². The number of aromatic carboxylic acids is 1. The highest BCUT2D eigenvalue weighted by molar-refractivity contribution is 5.87. The van der Waals surface area contributed by atoms with Crippen LogP contribution in [0.5, 0.6) is 0 Å². The number of carboxylic acid groups (broad SMARTS) is 1. The van der Waals surface area contributed by atoms with E-state index < -0.39 is 5.97 Å². The molecule has 0 atom stereocenters. The van der Waals surface area contributed by atoms with Crippen LogP contribution in [-0.2, 0) is 0 Å². The highest BCUT2D eigenvalue weighted by Gasteiger charge is 2.11. The van der Waals surface area contributed by atoms with Crippen LogP contribution in [0, 0.1) is 0 Å². The predicted octanol–water partition coefficient (Wildman–Crippen LogP) is 2.90. The summed E-state index contributed by atoms with van der Waals surface area (Å²) in [7, 11) is 0. The summed E-state index contributed by atoms with van der Waals surface area (Å²) in [5.41, 5.74) is 3.09. The Balaban J connectivity index is 2.09. The fraction of sp³-hybridized carbons (Fsp3) is 0. The minimum atomic E-state index is -1.000. The van der Waals surface area contributed by atoms with Crippen LogP contribution in [0.2, 0.25) is 0 Å². The van der Waals surface area contributed by atoms with Crippen LogP contribution in [0.4, 0.5) is 0 Å². The lowest BCUT2D eigenvalue weighted by Crippen LogP contribution is -1.98. The number of rotatable bonds is 3. The van der Waals surface area contributed by atoms with E-state index in [1.807, 2.05) is 30.3 Å². The Morgan fingerprint density at radius 2 is 1.71 bits per heavy atom. The maximum atomic E-state index is 10.9. The second kappa shape index (κ2) is 5.50. The standard InChI is InChI=1S/C16H11N3O2/c20-16(21)11-6-7-14(19-10-11)15-12(4-3-9-18-15)13-5-1-2-8-17-13/h1-10H,(H,20,21). The molecule has 3 heterocycles. The molecule has 21 heavy (non-hydrogen) atoms. The first-order valence-corrected chi connectivity index (χ1v) is 6.32. The van der Waals surface area contributed by atoms with Gasteiger partial charge in [-0.3, -0.25) is 15.0 Å². The molecule has 0 aromatic carbocycles. The zero-order chi connectivity index (χ0) is 14.7. The summed E-state index contributed by atoms with van der Waals surface area (Å²) in [5.74, 6) is -1.000. The molecule has 5 nitrogen and oxygen atoms in total. The van der Waals surface area contributed by atoms with E-state index in [1.165, 1.54) is 12.3 Å². The molecule has 0 aliphatic heterocycles. The first-order chi connectivity index (χ1) is 10.3. The van der Waals surface area contributed by atoms with E-state index in [2.05, 4.69) is 15.0 Å². The SMILES string of the molecule is O=C(O)c1ccc(-c2ncccc2-c2ccccn2)nc1. The maximum Gasteiger partial charge on any atom is 0.337 e. The number of carboxylic acids is 1. The molecule has 3 aromatic heterocycles. The monoisotopic (exact) mass is 277 g/mol. The number of aromatic nitrogens is 3. The van der Waals surface area contributed by atoms with Crippen LogP contribution in [0.25, 0.3) is 22.6 Å². The first kappa shape index (κ1) is 12.9. The van der Waals surface area contributed by atoms with Gasteiger partial charge in [0.15, 0.2) is 0 Å². The highest BCUT2D eigenvalue weighted by Crippen LogP contribution is 2.27.